The molecule has 0 N–H and O–H groups in total. The van der Waals surface area contributed by atoms with E-state index >= 15 is 0 Å². The average Bonchev–Trinajstić information content (AvgIpc) is 2.78. The van der Waals surface area contributed by atoms with Gasteiger partial charge in [0.1, 0.15) is 17.9 Å². The molecule has 8 heteroatoms. The Hall–Kier alpha value is -2.63. The summed E-state index contributed by atoms with van der Waals surface area (Å²) in [5, 5.41) is 9.50. The maximum absolute atomic E-state index is 13.0. The van der Waals surface area contributed by atoms with Gasteiger partial charge in [0.15, 0.2) is 0 Å². The van der Waals surface area contributed by atoms with Gasteiger partial charge in [0.25, 0.3) is 5.91 Å². The minimum atomic E-state index is -0.225. The third kappa shape index (κ3) is 5.54. The molecule has 2 aliphatic heterocycles. The molecule has 1 aromatic rings. The number of nitriles is 1. The quantitative estimate of drug-likeness (QED) is 0.680. The molecule has 1 saturated heterocycles. The van der Waals surface area contributed by atoms with Crippen LogP contribution < -0.4 is 4.74 Å². The van der Waals surface area contributed by atoms with Crippen LogP contribution in [0.15, 0.2) is 18.2 Å². The van der Waals surface area contributed by atoms with E-state index in [-0.39, 0.29) is 30.1 Å². The zero-order chi connectivity index (χ0) is 22.4. The first-order chi connectivity index (χ1) is 14.9. The molecule has 8 nitrogen and oxygen atoms in total. The molecular formula is C23H31N3O5. The molecule has 0 aliphatic carbocycles. The number of methoxy groups -OCH3 is 1. The highest BCUT2D eigenvalue weighted by molar-refractivity contribution is 5.97. The van der Waals surface area contributed by atoms with Crippen molar-refractivity contribution in [1.82, 2.24) is 9.80 Å². The lowest BCUT2D eigenvalue weighted by Crippen LogP contribution is -2.47. The van der Waals surface area contributed by atoms with E-state index in [1.807, 2.05) is 0 Å². The second-order valence-corrected chi connectivity index (χ2v) is 8.18. The molecule has 3 rings (SSSR count). The SMILES string of the molecule is CO[C@H]1CC[C@H]2CCOc3c(C#N)cccc3C(=O)N(C)CCCC(=O)N(C)C[C@H]1O2. The Morgan fingerprint density at radius 3 is 2.71 bits per heavy atom. The van der Waals surface area contributed by atoms with Gasteiger partial charge >= 0.3 is 0 Å². The van der Waals surface area contributed by atoms with Crippen LogP contribution in [0.4, 0.5) is 0 Å². The maximum Gasteiger partial charge on any atom is 0.257 e. The summed E-state index contributed by atoms with van der Waals surface area (Å²) in [5.41, 5.74) is 0.693. The first-order valence-corrected chi connectivity index (χ1v) is 10.8. The van der Waals surface area contributed by atoms with Gasteiger partial charge in [-0.05, 0) is 31.4 Å². The summed E-state index contributed by atoms with van der Waals surface area (Å²) >= 11 is 0. The molecule has 31 heavy (non-hydrogen) atoms. The van der Waals surface area contributed by atoms with Crippen molar-refractivity contribution in [2.24, 2.45) is 0 Å². The molecule has 2 amide bonds. The van der Waals surface area contributed by atoms with E-state index in [0.717, 1.165) is 12.8 Å². The lowest BCUT2D eigenvalue weighted by Gasteiger charge is -2.37. The summed E-state index contributed by atoms with van der Waals surface area (Å²) in [4.78, 5) is 28.9. The van der Waals surface area contributed by atoms with Crippen molar-refractivity contribution < 1.29 is 23.8 Å². The summed E-state index contributed by atoms with van der Waals surface area (Å²) in [5.74, 6) is 0.104. The van der Waals surface area contributed by atoms with E-state index in [1.165, 1.54) is 0 Å². The smallest absolute Gasteiger partial charge is 0.257 e. The average molecular weight is 430 g/mol. The molecule has 0 unspecified atom stereocenters. The molecule has 2 bridgehead atoms. The Balaban J connectivity index is 1.85. The van der Waals surface area contributed by atoms with Crippen LogP contribution in [0, 0.1) is 11.3 Å². The van der Waals surface area contributed by atoms with Gasteiger partial charge < -0.3 is 24.0 Å². The number of rotatable bonds is 1. The topological polar surface area (TPSA) is 92.1 Å². The van der Waals surface area contributed by atoms with Gasteiger partial charge in [-0.25, -0.2) is 0 Å². The summed E-state index contributed by atoms with van der Waals surface area (Å²) in [6.45, 7) is 1.22. The number of nitrogens with zero attached hydrogens (tertiary/aromatic N) is 3. The first-order valence-electron chi connectivity index (χ1n) is 10.8. The normalized spacial score (nSPS) is 26.1. The van der Waals surface area contributed by atoms with Crippen LogP contribution in [0.25, 0.3) is 0 Å². The van der Waals surface area contributed by atoms with Gasteiger partial charge in [-0.3, -0.25) is 9.59 Å². The predicted octanol–water partition coefficient (Wildman–Crippen LogP) is 2.21. The molecule has 1 fully saturated rings. The fourth-order valence-corrected chi connectivity index (χ4v) is 4.16. The van der Waals surface area contributed by atoms with Gasteiger partial charge in [0.05, 0.1) is 29.9 Å². The van der Waals surface area contributed by atoms with E-state index in [1.54, 1.807) is 49.2 Å². The number of hydrogen-bond donors (Lipinski definition) is 0. The lowest BCUT2D eigenvalue weighted by molar-refractivity contribution is -0.150. The Morgan fingerprint density at radius 1 is 1.16 bits per heavy atom. The number of carbonyl (C=O) groups excluding carboxylic acids is 2. The summed E-state index contributed by atoms with van der Waals surface area (Å²) < 4.78 is 17.8. The highest BCUT2D eigenvalue weighted by atomic mass is 16.5. The van der Waals surface area contributed by atoms with Crippen molar-refractivity contribution >= 4 is 11.8 Å². The van der Waals surface area contributed by atoms with E-state index < -0.39 is 0 Å². The minimum Gasteiger partial charge on any atom is -0.491 e. The molecule has 2 aliphatic rings. The number of amides is 2. The number of hydrogen-bond acceptors (Lipinski definition) is 6. The number of fused-ring (bicyclic) bond motifs is 3. The number of benzene rings is 1. The third-order valence-electron chi connectivity index (χ3n) is 6.02. The minimum absolute atomic E-state index is 0.0176. The van der Waals surface area contributed by atoms with Crippen LogP contribution in [-0.2, 0) is 14.3 Å². The van der Waals surface area contributed by atoms with Crippen molar-refractivity contribution in [2.75, 3.05) is 40.9 Å². The summed E-state index contributed by atoms with van der Waals surface area (Å²) in [7, 11) is 5.15. The predicted molar refractivity (Wildman–Crippen MR) is 114 cm³/mol. The Labute approximate surface area is 183 Å². The Morgan fingerprint density at radius 2 is 1.97 bits per heavy atom. The lowest BCUT2D eigenvalue weighted by atomic mass is 9.98. The Kier molecular flexibility index (Phi) is 7.88. The van der Waals surface area contributed by atoms with Gasteiger partial charge in [0, 0.05) is 47.1 Å². The van der Waals surface area contributed by atoms with Crippen LogP contribution in [0.5, 0.6) is 5.75 Å². The first kappa shape index (κ1) is 23.0. The van der Waals surface area contributed by atoms with E-state index in [2.05, 4.69) is 6.07 Å². The zero-order valence-corrected chi connectivity index (χ0v) is 18.5. The monoisotopic (exact) mass is 429 g/mol. The van der Waals surface area contributed by atoms with Crippen molar-refractivity contribution in [3.8, 4) is 11.8 Å². The number of likely N-dealkylation sites (N-methyl/N-ethyl adjacent to an activating group) is 1. The van der Waals surface area contributed by atoms with Gasteiger partial charge in [-0.1, -0.05) is 6.07 Å². The van der Waals surface area contributed by atoms with Crippen molar-refractivity contribution in [3.05, 3.63) is 29.3 Å². The second-order valence-electron chi connectivity index (χ2n) is 8.18. The highest BCUT2D eigenvalue weighted by Gasteiger charge is 2.33. The maximum atomic E-state index is 13.0. The molecular weight excluding hydrogens is 398 g/mol. The zero-order valence-electron chi connectivity index (χ0n) is 18.5. The van der Waals surface area contributed by atoms with E-state index in [9.17, 15) is 14.9 Å². The largest absolute Gasteiger partial charge is 0.491 e. The van der Waals surface area contributed by atoms with Crippen LogP contribution in [0.2, 0.25) is 0 Å². The molecule has 1 aromatic carbocycles. The molecule has 0 saturated carbocycles. The molecule has 0 spiro atoms. The summed E-state index contributed by atoms with van der Waals surface area (Å²) in [6.07, 6.45) is 2.88. The van der Waals surface area contributed by atoms with Gasteiger partial charge in [-0.2, -0.15) is 5.26 Å². The molecule has 168 valence electrons. The van der Waals surface area contributed by atoms with Gasteiger partial charge in [-0.15, -0.1) is 0 Å². The molecule has 3 atom stereocenters. The highest BCUT2D eigenvalue weighted by Crippen LogP contribution is 2.28. The molecule has 0 radical (unpaired) electrons. The Bertz CT molecular complexity index is 837. The number of carbonyl (C=O) groups is 2. The van der Waals surface area contributed by atoms with Crippen LogP contribution >= 0.6 is 0 Å². The van der Waals surface area contributed by atoms with Crippen LogP contribution in [0.1, 0.15) is 48.0 Å². The van der Waals surface area contributed by atoms with Crippen molar-refractivity contribution in [1.29, 1.82) is 5.26 Å². The second kappa shape index (κ2) is 10.6. The van der Waals surface area contributed by atoms with Crippen molar-refractivity contribution in [2.45, 2.75) is 50.4 Å². The van der Waals surface area contributed by atoms with Crippen LogP contribution in [0.3, 0.4) is 0 Å². The van der Waals surface area contributed by atoms with E-state index in [4.69, 9.17) is 14.2 Å². The number of ether oxygens (including phenoxy) is 3. The van der Waals surface area contributed by atoms with Gasteiger partial charge in [0.2, 0.25) is 5.91 Å². The molecule has 0 aromatic heterocycles. The van der Waals surface area contributed by atoms with Crippen LogP contribution in [-0.4, -0.2) is 80.8 Å². The van der Waals surface area contributed by atoms with E-state index in [0.29, 0.717) is 55.8 Å². The van der Waals surface area contributed by atoms with Crippen molar-refractivity contribution in [3.63, 3.8) is 0 Å². The third-order valence-corrected chi connectivity index (χ3v) is 6.02. The summed E-state index contributed by atoms with van der Waals surface area (Å²) in [6, 6.07) is 7.12. The standard InChI is InChI=1S/C23H31N3O5/c1-25-12-5-8-21(27)26(2)15-20-19(29-3)10-9-17(31-20)11-13-30-22-16(14-24)6-4-7-18(22)23(25)28/h4,6-7,17,19-20H,5,8-13,15H2,1-3H3/t17-,19-,20+/m0/s1. The number of para-hydroxylation sites is 1. The molecule has 2 heterocycles. The fraction of sp³-hybridized carbons (Fsp3) is 0.609. The fourth-order valence-electron chi connectivity index (χ4n) is 4.16.